The molecule has 3 aliphatic heterocycles. The van der Waals surface area contributed by atoms with Crippen LogP contribution in [0.2, 0.25) is 0 Å². The second kappa shape index (κ2) is 6.44. The SMILES string of the molecule is O=C(CN1C2CCC1CC(O)C2)N1CCCCCCC1. The summed E-state index contributed by atoms with van der Waals surface area (Å²) in [5.41, 5.74) is 0. The van der Waals surface area contributed by atoms with Gasteiger partial charge in [0.05, 0.1) is 12.6 Å². The maximum atomic E-state index is 12.6. The number of hydrogen-bond acceptors (Lipinski definition) is 3. The highest BCUT2D eigenvalue weighted by molar-refractivity contribution is 5.78. The molecule has 1 N–H and O–H groups in total. The van der Waals surface area contributed by atoms with Gasteiger partial charge in [-0.2, -0.15) is 0 Å². The zero-order valence-electron chi connectivity index (χ0n) is 12.5. The van der Waals surface area contributed by atoms with E-state index in [1.807, 2.05) is 0 Å². The average molecular weight is 280 g/mol. The van der Waals surface area contributed by atoms with Crippen LogP contribution in [-0.2, 0) is 4.79 Å². The predicted octanol–water partition coefficient (Wildman–Crippen LogP) is 1.77. The van der Waals surface area contributed by atoms with Crippen molar-refractivity contribution < 1.29 is 9.90 Å². The Bertz CT molecular complexity index is 325. The van der Waals surface area contributed by atoms with Crippen LogP contribution in [0.1, 0.15) is 57.8 Å². The van der Waals surface area contributed by atoms with Crippen LogP contribution in [0.4, 0.5) is 0 Å². The van der Waals surface area contributed by atoms with E-state index in [9.17, 15) is 9.90 Å². The van der Waals surface area contributed by atoms with Crippen LogP contribution in [0.25, 0.3) is 0 Å². The molecule has 3 heterocycles. The van der Waals surface area contributed by atoms with Gasteiger partial charge >= 0.3 is 0 Å². The van der Waals surface area contributed by atoms with Crippen molar-refractivity contribution in [2.45, 2.75) is 76.0 Å². The fourth-order valence-electron chi connectivity index (χ4n) is 4.26. The van der Waals surface area contributed by atoms with Crippen LogP contribution in [0.15, 0.2) is 0 Å². The number of aliphatic hydroxyl groups excluding tert-OH is 1. The number of fused-ring (bicyclic) bond motifs is 2. The first-order chi connectivity index (χ1) is 9.74. The molecule has 0 radical (unpaired) electrons. The zero-order valence-corrected chi connectivity index (χ0v) is 12.5. The molecule has 2 bridgehead atoms. The van der Waals surface area contributed by atoms with E-state index < -0.39 is 0 Å². The van der Waals surface area contributed by atoms with Crippen molar-refractivity contribution in [1.82, 2.24) is 9.80 Å². The molecule has 3 rings (SSSR count). The molecule has 2 atom stereocenters. The third kappa shape index (κ3) is 3.17. The first kappa shape index (κ1) is 14.3. The summed E-state index contributed by atoms with van der Waals surface area (Å²) in [6.45, 7) is 2.48. The molecule has 0 saturated carbocycles. The summed E-state index contributed by atoms with van der Waals surface area (Å²) in [5.74, 6) is 0.320. The number of rotatable bonds is 2. The number of nitrogens with zero attached hydrogens (tertiary/aromatic N) is 2. The lowest BCUT2D eigenvalue weighted by Crippen LogP contribution is -2.50. The highest BCUT2D eigenvalue weighted by Gasteiger charge is 2.41. The Balaban J connectivity index is 1.55. The van der Waals surface area contributed by atoms with Gasteiger partial charge < -0.3 is 10.0 Å². The predicted molar refractivity (Wildman–Crippen MR) is 78.4 cm³/mol. The van der Waals surface area contributed by atoms with E-state index in [2.05, 4.69) is 9.80 Å². The second-order valence-corrected chi connectivity index (χ2v) is 6.83. The Hall–Kier alpha value is -0.610. The third-order valence-corrected chi connectivity index (χ3v) is 5.39. The quantitative estimate of drug-likeness (QED) is 0.838. The summed E-state index contributed by atoms with van der Waals surface area (Å²) >= 11 is 0. The number of amides is 1. The fraction of sp³-hybridized carbons (Fsp3) is 0.938. The minimum Gasteiger partial charge on any atom is -0.393 e. The molecule has 4 nitrogen and oxygen atoms in total. The summed E-state index contributed by atoms with van der Waals surface area (Å²) in [6.07, 6.45) is 10.1. The van der Waals surface area contributed by atoms with E-state index in [0.29, 0.717) is 24.5 Å². The van der Waals surface area contributed by atoms with Gasteiger partial charge in [-0.25, -0.2) is 0 Å². The first-order valence-corrected chi connectivity index (χ1v) is 8.45. The largest absolute Gasteiger partial charge is 0.393 e. The first-order valence-electron chi connectivity index (χ1n) is 8.45. The van der Waals surface area contributed by atoms with Gasteiger partial charge in [0.2, 0.25) is 5.91 Å². The molecular formula is C16H28N2O2. The number of piperidine rings is 1. The number of hydrogen-bond donors (Lipinski definition) is 1. The van der Waals surface area contributed by atoms with Crippen LogP contribution in [0.5, 0.6) is 0 Å². The lowest BCUT2D eigenvalue weighted by Gasteiger charge is -2.38. The van der Waals surface area contributed by atoms with E-state index in [1.165, 1.54) is 19.3 Å². The number of carbonyl (C=O) groups is 1. The van der Waals surface area contributed by atoms with Gasteiger partial charge in [-0.1, -0.05) is 19.3 Å². The van der Waals surface area contributed by atoms with Crippen molar-refractivity contribution in [3.8, 4) is 0 Å². The van der Waals surface area contributed by atoms with E-state index in [1.54, 1.807) is 0 Å². The van der Waals surface area contributed by atoms with Gasteiger partial charge in [-0.05, 0) is 38.5 Å². The van der Waals surface area contributed by atoms with Crippen LogP contribution in [0, 0.1) is 0 Å². The fourth-order valence-corrected chi connectivity index (χ4v) is 4.26. The minimum atomic E-state index is -0.138. The molecule has 0 spiro atoms. The topological polar surface area (TPSA) is 43.8 Å². The Morgan fingerprint density at radius 3 is 2.10 bits per heavy atom. The highest BCUT2D eigenvalue weighted by atomic mass is 16.3. The molecule has 114 valence electrons. The smallest absolute Gasteiger partial charge is 0.236 e. The van der Waals surface area contributed by atoms with Crippen molar-refractivity contribution in [2.75, 3.05) is 19.6 Å². The van der Waals surface area contributed by atoms with Gasteiger partial charge in [0.25, 0.3) is 0 Å². The Kier molecular flexibility index (Phi) is 4.61. The van der Waals surface area contributed by atoms with Crippen LogP contribution >= 0.6 is 0 Å². The van der Waals surface area contributed by atoms with Crippen molar-refractivity contribution in [3.05, 3.63) is 0 Å². The zero-order chi connectivity index (χ0) is 13.9. The van der Waals surface area contributed by atoms with Crippen molar-refractivity contribution in [1.29, 1.82) is 0 Å². The van der Waals surface area contributed by atoms with E-state index >= 15 is 0 Å². The van der Waals surface area contributed by atoms with Gasteiger partial charge in [0.15, 0.2) is 0 Å². The molecule has 3 fully saturated rings. The van der Waals surface area contributed by atoms with Crippen LogP contribution < -0.4 is 0 Å². The highest BCUT2D eigenvalue weighted by Crippen LogP contribution is 2.35. The molecule has 4 heteroatoms. The maximum absolute atomic E-state index is 12.6. The molecule has 2 unspecified atom stereocenters. The molecule has 0 aromatic heterocycles. The Morgan fingerprint density at radius 1 is 0.950 bits per heavy atom. The Labute approximate surface area is 122 Å². The standard InChI is InChI=1S/C16H28N2O2/c19-15-10-13-6-7-14(11-15)18(13)12-16(20)17-8-4-2-1-3-5-9-17/h13-15,19H,1-12H2. The minimum absolute atomic E-state index is 0.138. The van der Waals surface area contributed by atoms with E-state index in [4.69, 9.17) is 0 Å². The molecule has 0 aliphatic carbocycles. The van der Waals surface area contributed by atoms with Crippen molar-refractivity contribution in [2.24, 2.45) is 0 Å². The summed E-state index contributed by atoms with van der Waals surface area (Å²) in [4.78, 5) is 17.0. The molecule has 3 aliphatic rings. The van der Waals surface area contributed by atoms with Crippen LogP contribution in [0.3, 0.4) is 0 Å². The molecule has 0 aromatic rings. The van der Waals surface area contributed by atoms with Gasteiger partial charge in [0, 0.05) is 25.2 Å². The summed E-state index contributed by atoms with van der Waals surface area (Å²) in [7, 11) is 0. The summed E-state index contributed by atoms with van der Waals surface area (Å²) in [5, 5.41) is 9.84. The van der Waals surface area contributed by atoms with E-state index in [-0.39, 0.29) is 6.10 Å². The van der Waals surface area contributed by atoms with Crippen LogP contribution in [-0.4, -0.2) is 58.6 Å². The molecule has 3 saturated heterocycles. The molecule has 1 amide bonds. The van der Waals surface area contributed by atoms with Gasteiger partial charge in [-0.15, -0.1) is 0 Å². The molecular weight excluding hydrogens is 252 g/mol. The van der Waals surface area contributed by atoms with Gasteiger partial charge in [0.1, 0.15) is 0 Å². The Morgan fingerprint density at radius 2 is 1.50 bits per heavy atom. The van der Waals surface area contributed by atoms with E-state index in [0.717, 1.165) is 51.6 Å². The average Bonchev–Trinajstić information content (AvgIpc) is 2.62. The van der Waals surface area contributed by atoms with Crippen molar-refractivity contribution in [3.63, 3.8) is 0 Å². The number of carbonyl (C=O) groups excluding carboxylic acids is 1. The van der Waals surface area contributed by atoms with Gasteiger partial charge in [-0.3, -0.25) is 9.69 Å². The lowest BCUT2D eigenvalue weighted by molar-refractivity contribution is -0.134. The second-order valence-electron chi connectivity index (χ2n) is 6.83. The summed E-state index contributed by atoms with van der Waals surface area (Å²) < 4.78 is 0. The number of aliphatic hydroxyl groups is 1. The lowest BCUT2D eigenvalue weighted by atomic mass is 10.00. The third-order valence-electron chi connectivity index (χ3n) is 5.39. The molecule has 0 aromatic carbocycles. The van der Waals surface area contributed by atoms with Crippen molar-refractivity contribution >= 4 is 5.91 Å². The molecule has 20 heavy (non-hydrogen) atoms. The normalized spacial score (nSPS) is 35.6. The monoisotopic (exact) mass is 280 g/mol. The number of likely N-dealkylation sites (tertiary alicyclic amines) is 1. The maximum Gasteiger partial charge on any atom is 0.236 e. The summed E-state index contributed by atoms with van der Waals surface area (Å²) in [6, 6.07) is 0.893.